The van der Waals surface area contributed by atoms with Gasteiger partial charge in [0.1, 0.15) is 0 Å². The highest BCUT2D eigenvalue weighted by Gasteiger charge is 2.33. The monoisotopic (exact) mass is 228 g/mol. The van der Waals surface area contributed by atoms with E-state index in [1.165, 1.54) is 38.6 Å². The zero-order chi connectivity index (χ0) is 12.4. The fourth-order valence-electron chi connectivity index (χ4n) is 2.93. The van der Waals surface area contributed by atoms with E-state index in [4.69, 9.17) is 0 Å². The SMILES string of the molecule is CC.CC.CNC1NCCC2CCCCC21. The van der Waals surface area contributed by atoms with Crippen molar-refractivity contribution < 1.29 is 0 Å². The maximum absolute atomic E-state index is 3.56. The quantitative estimate of drug-likeness (QED) is 0.719. The molecule has 1 saturated heterocycles. The van der Waals surface area contributed by atoms with Gasteiger partial charge in [-0.25, -0.2) is 0 Å². The summed E-state index contributed by atoms with van der Waals surface area (Å²) in [7, 11) is 2.08. The van der Waals surface area contributed by atoms with Gasteiger partial charge in [0.15, 0.2) is 0 Å². The Bertz CT molecular complexity index is 139. The Hall–Kier alpha value is -0.0800. The minimum Gasteiger partial charge on any atom is -0.305 e. The van der Waals surface area contributed by atoms with Crippen LogP contribution >= 0.6 is 0 Å². The molecule has 1 aliphatic carbocycles. The highest BCUT2D eigenvalue weighted by Crippen LogP contribution is 2.35. The highest BCUT2D eigenvalue weighted by molar-refractivity contribution is 4.87. The Kier molecular flexibility index (Phi) is 10.0. The molecule has 1 saturated carbocycles. The molecule has 2 fully saturated rings. The Labute approximate surface area is 103 Å². The van der Waals surface area contributed by atoms with Gasteiger partial charge < -0.3 is 10.6 Å². The van der Waals surface area contributed by atoms with Gasteiger partial charge in [0.2, 0.25) is 0 Å². The molecule has 0 bridgehead atoms. The molecule has 2 heteroatoms. The molecule has 2 rings (SSSR count). The topological polar surface area (TPSA) is 24.1 Å². The lowest BCUT2D eigenvalue weighted by Crippen LogP contribution is -2.53. The Morgan fingerprint density at radius 3 is 2.19 bits per heavy atom. The molecule has 1 aliphatic heterocycles. The van der Waals surface area contributed by atoms with Crippen LogP contribution in [-0.4, -0.2) is 19.8 Å². The fourth-order valence-corrected chi connectivity index (χ4v) is 2.93. The maximum Gasteiger partial charge on any atom is 0.0600 e. The van der Waals surface area contributed by atoms with Crippen molar-refractivity contribution >= 4 is 0 Å². The van der Waals surface area contributed by atoms with E-state index in [2.05, 4.69) is 17.7 Å². The third kappa shape index (κ3) is 4.42. The number of fused-ring (bicyclic) bond motifs is 1. The van der Waals surface area contributed by atoms with Crippen LogP contribution in [0, 0.1) is 11.8 Å². The van der Waals surface area contributed by atoms with Gasteiger partial charge in [-0.05, 0) is 38.3 Å². The average Bonchev–Trinajstić information content (AvgIpc) is 2.42. The molecule has 1 heterocycles. The fraction of sp³-hybridized carbons (Fsp3) is 1.00. The Morgan fingerprint density at radius 1 is 0.938 bits per heavy atom. The van der Waals surface area contributed by atoms with E-state index in [1.54, 1.807) is 0 Å². The first-order chi connectivity index (χ1) is 7.92. The molecule has 0 radical (unpaired) electrons. The minimum atomic E-state index is 0.601. The Morgan fingerprint density at radius 2 is 1.56 bits per heavy atom. The molecule has 0 aromatic carbocycles. The van der Waals surface area contributed by atoms with Crippen molar-refractivity contribution in [1.82, 2.24) is 10.6 Å². The molecule has 2 N–H and O–H groups in total. The van der Waals surface area contributed by atoms with Crippen LogP contribution in [0.25, 0.3) is 0 Å². The van der Waals surface area contributed by atoms with Crippen molar-refractivity contribution in [3.8, 4) is 0 Å². The van der Waals surface area contributed by atoms with Crippen molar-refractivity contribution in [1.29, 1.82) is 0 Å². The van der Waals surface area contributed by atoms with Crippen molar-refractivity contribution in [2.45, 2.75) is 66.0 Å². The summed E-state index contributed by atoms with van der Waals surface area (Å²) in [5.41, 5.74) is 0. The van der Waals surface area contributed by atoms with E-state index in [-0.39, 0.29) is 0 Å². The van der Waals surface area contributed by atoms with Gasteiger partial charge in [-0.2, -0.15) is 0 Å². The van der Waals surface area contributed by atoms with Crippen molar-refractivity contribution in [3.63, 3.8) is 0 Å². The summed E-state index contributed by atoms with van der Waals surface area (Å²) >= 11 is 0. The molecule has 3 unspecified atom stereocenters. The van der Waals surface area contributed by atoms with Crippen molar-refractivity contribution in [2.24, 2.45) is 11.8 Å². The summed E-state index contributed by atoms with van der Waals surface area (Å²) in [5.74, 6) is 1.93. The molecule has 3 atom stereocenters. The molecule has 0 amide bonds. The van der Waals surface area contributed by atoms with Crippen LogP contribution in [-0.2, 0) is 0 Å². The zero-order valence-electron chi connectivity index (χ0n) is 12.0. The van der Waals surface area contributed by atoms with Gasteiger partial charge in [-0.3, -0.25) is 0 Å². The van der Waals surface area contributed by atoms with Gasteiger partial charge in [-0.1, -0.05) is 47.0 Å². The molecule has 0 aromatic rings. The molecule has 98 valence electrons. The normalized spacial score (nSPS) is 32.4. The van der Waals surface area contributed by atoms with E-state index in [1.807, 2.05) is 27.7 Å². The van der Waals surface area contributed by atoms with Crippen LogP contribution in [0.15, 0.2) is 0 Å². The maximum atomic E-state index is 3.56. The van der Waals surface area contributed by atoms with E-state index < -0.39 is 0 Å². The van der Waals surface area contributed by atoms with Crippen LogP contribution in [0.4, 0.5) is 0 Å². The summed E-state index contributed by atoms with van der Waals surface area (Å²) in [4.78, 5) is 0. The van der Waals surface area contributed by atoms with E-state index >= 15 is 0 Å². The molecule has 0 aromatic heterocycles. The highest BCUT2D eigenvalue weighted by atomic mass is 15.1. The lowest BCUT2D eigenvalue weighted by atomic mass is 9.74. The number of piperidine rings is 1. The molecular formula is C14H32N2. The average molecular weight is 228 g/mol. The van der Waals surface area contributed by atoms with Gasteiger partial charge in [0.05, 0.1) is 6.17 Å². The Balaban J connectivity index is 0.000000509. The molecule has 2 nitrogen and oxygen atoms in total. The summed E-state index contributed by atoms with van der Waals surface area (Å²) in [6, 6.07) is 0. The number of hydrogen-bond donors (Lipinski definition) is 2. The second-order valence-corrected chi connectivity index (χ2v) is 4.22. The first-order valence-electron chi connectivity index (χ1n) is 7.32. The van der Waals surface area contributed by atoms with E-state index in [9.17, 15) is 0 Å². The second-order valence-electron chi connectivity index (χ2n) is 4.22. The summed E-state index contributed by atoms with van der Waals surface area (Å²) in [6.45, 7) is 9.21. The molecule has 0 spiro atoms. The molecule has 16 heavy (non-hydrogen) atoms. The predicted octanol–water partition coefficient (Wildman–Crippen LogP) is 3.38. The lowest BCUT2D eigenvalue weighted by Gasteiger charge is -2.41. The first-order valence-corrected chi connectivity index (χ1v) is 7.32. The van der Waals surface area contributed by atoms with Gasteiger partial charge >= 0.3 is 0 Å². The van der Waals surface area contributed by atoms with Crippen molar-refractivity contribution in [2.75, 3.05) is 13.6 Å². The third-order valence-corrected chi connectivity index (χ3v) is 3.59. The largest absolute Gasteiger partial charge is 0.305 e. The summed E-state index contributed by atoms with van der Waals surface area (Å²) < 4.78 is 0. The lowest BCUT2D eigenvalue weighted by molar-refractivity contribution is 0.120. The second kappa shape index (κ2) is 10.1. The minimum absolute atomic E-state index is 0.601. The van der Waals surface area contributed by atoms with Crippen LogP contribution in [0.2, 0.25) is 0 Å². The van der Waals surface area contributed by atoms with Gasteiger partial charge in [0.25, 0.3) is 0 Å². The van der Waals surface area contributed by atoms with Crippen LogP contribution in [0.5, 0.6) is 0 Å². The number of nitrogens with one attached hydrogen (secondary N) is 2. The van der Waals surface area contributed by atoms with Crippen molar-refractivity contribution in [3.05, 3.63) is 0 Å². The molecular weight excluding hydrogens is 196 g/mol. The number of hydrogen-bond acceptors (Lipinski definition) is 2. The van der Waals surface area contributed by atoms with Crippen LogP contribution in [0.1, 0.15) is 59.8 Å². The summed E-state index contributed by atoms with van der Waals surface area (Å²) in [5, 5.41) is 6.95. The standard InChI is InChI=1S/C10H20N2.2C2H6/c1-11-10-9-5-3-2-4-8(9)6-7-12-10;2*1-2/h8-12H,2-7H2,1H3;2*1-2H3. The smallest absolute Gasteiger partial charge is 0.0600 e. The summed E-state index contributed by atoms with van der Waals surface area (Å²) in [6.07, 6.45) is 7.83. The van der Waals surface area contributed by atoms with E-state index in [0.29, 0.717) is 6.17 Å². The zero-order valence-corrected chi connectivity index (χ0v) is 12.0. The van der Waals surface area contributed by atoms with Gasteiger partial charge in [-0.15, -0.1) is 0 Å². The van der Waals surface area contributed by atoms with Crippen LogP contribution in [0.3, 0.4) is 0 Å². The molecule has 2 aliphatic rings. The van der Waals surface area contributed by atoms with Crippen LogP contribution < -0.4 is 10.6 Å². The third-order valence-electron chi connectivity index (χ3n) is 3.59. The first kappa shape index (κ1) is 15.9. The van der Waals surface area contributed by atoms with Gasteiger partial charge in [0, 0.05) is 0 Å². The van der Waals surface area contributed by atoms with E-state index in [0.717, 1.165) is 11.8 Å². The number of rotatable bonds is 1. The predicted molar refractivity (Wildman–Crippen MR) is 73.6 cm³/mol.